The second kappa shape index (κ2) is 8.41. The highest BCUT2D eigenvalue weighted by atomic mass is 16.2. The van der Waals surface area contributed by atoms with Crippen molar-refractivity contribution in [2.75, 3.05) is 6.54 Å². The number of nitrogens with zero attached hydrogens (tertiary/aromatic N) is 3. The van der Waals surface area contributed by atoms with E-state index >= 15 is 0 Å². The summed E-state index contributed by atoms with van der Waals surface area (Å²) in [6.45, 7) is 0.175. The lowest BCUT2D eigenvalue weighted by molar-refractivity contribution is -0.139. The Bertz CT molecular complexity index is 798. The third-order valence-electron chi connectivity index (χ3n) is 6.48. The number of hydrogen-bond donors (Lipinski definition) is 0. The average Bonchev–Trinajstić information content (AvgIpc) is 2.98. The Balaban J connectivity index is 1.45. The maximum Gasteiger partial charge on any atom is 0.234 e. The van der Waals surface area contributed by atoms with Crippen molar-refractivity contribution in [3.8, 4) is 0 Å². The lowest BCUT2D eigenvalue weighted by Gasteiger charge is -2.19. The predicted octanol–water partition coefficient (Wildman–Crippen LogP) is 2.93. The minimum atomic E-state index is -0.155. The smallest absolute Gasteiger partial charge is 0.234 e. The van der Waals surface area contributed by atoms with Crippen LogP contribution in [0.2, 0.25) is 0 Å². The Morgan fingerprint density at radius 3 is 2.25 bits per heavy atom. The van der Waals surface area contributed by atoms with Crippen LogP contribution in [0.4, 0.5) is 0 Å². The van der Waals surface area contributed by atoms with E-state index in [0.717, 1.165) is 38.5 Å². The molecular weight excluding hydrogens is 354 g/mol. The van der Waals surface area contributed by atoms with E-state index in [1.807, 2.05) is 18.2 Å². The topological polar surface area (TPSA) is 71.7 Å². The highest BCUT2D eigenvalue weighted by molar-refractivity contribution is 6.05. The Hall–Kier alpha value is -2.24. The Kier molecular flexibility index (Phi) is 5.74. The van der Waals surface area contributed by atoms with E-state index in [9.17, 15) is 14.4 Å². The van der Waals surface area contributed by atoms with Gasteiger partial charge in [0.2, 0.25) is 17.7 Å². The van der Waals surface area contributed by atoms with Crippen LogP contribution in [-0.4, -0.2) is 39.8 Å². The van der Waals surface area contributed by atoms with Crippen LogP contribution in [0.25, 0.3) is 0 Å². The number of fused-ring (bicyclic) bond motifs is 1. The number of likely N-dealkylation sites (tertiary alicyclic amines) is 1. The van der Waals surface area contributed by atoms with Crippen LogP contribution >= 0.6 is 0 Å². The number of rotatable bonds is 4. The summed E-state index contributed by atoms with van der Waals surface area (Å²) >= 11 is 0. The van der Waals surface area contributed by atoms with Gasteiger partial charge in [-0.1, -0.05) is 38.2 Å². The van der Waals surface area contributed by atoms with E-state index in [1.54, 1.807) is 10.8 Å². The zero-order valence-electron chi connectivity index (χ0n) is 16.4. The molecule has 1 aromatic heterocycles. The van der Waals surface area contributed by atoms with E-state index in [2.05, 4.69) is 0 Å². The molecule has 1 aliphatic heterocycles. The first-order valence-electron chi connectivity index (χ1n) is 10.7. The molecule has 150 valence electrons. The molecule has 0 N–H and O–H groups in total. The van der Waals surface area contributed by atoms with Gasteiger partial charge >= 0.3 is 0 Å². The molecule has 2 aliphatic carbocycles. The summed E-state index contributed by atoms with van der Waals surface area (Å²) in [5.74, 6) is -0.582. The molecule has 1 aromatic rings. The summed E-state index contributed by atoms with van der Waals surface area (Å²) in [6.07, 6.45) is 11.3. The standard InChI is InChI=1S/C22H29N3O3/c26-20(13-15-25-21(27)17-10-4-5-11-18(17)22(25)28)24-14-7-6-12-19(24)23-16-8-2-1-3-9-16/h6-7,12,14,16-18H,1-5,8-11,13,15H2/t17-,18+. The molecule has 0 unspecified atom stereocenters. The molecule has 0 aromatic carbocycles. The number of hydrogen-bond acceptors (Lipinski definition) is 4. The van der Waals surface area contributed by atoms with Gasteiger partial charge in [0.15, 0.2) is 0 Å². The first-order chi connectivity index (χ1) is 13.6. The molecule has 3 fully saturated rings. The van der Waals surface area contributed by atoms with Crippen molar-refractivity contribution in [2.45, 2.75) is 70.3 Å². The number of pyridine rings is 1. The van der Waals surface area contributed by atoms with Gasteiger partial charge in [-0.05, 0) is 37.8 Å². The fourth-order valence-electron chi connectivity index (χ4n) is 4.93. The number of amides is 2. The summed E-state index contributed by atoms with van der Waals surface area (Å²) in [5.41, 5.74) is 0.673. The van der Waals surface area contributed by atoms with Crippen LogP contribution in [0.3, 0.4) is 0 Å². The zero-order chi connectivity index (χ0) is 19.5. The van der Waals surface area contributed by atoms with Crippen molar-refractivity contribution in [1.82, 2.24) is 9.47 Å². The normalized spacial score (nSPS) is 26.6. The first kappa shape index (κ1) is 19.1. The highest BCUT2D eigenvalue weighted by Crippen LogP contribution is 2.37. The monoisotopic (exact) mass is 383 g/mol. The minimum Gasteiger partial charge on any atom is -0.282 e. The van der Waals surface area contributed by atoms with E-state index in [4.69, 9.17) is 4.99 Å². The molecule has 2 heterocycles. The molecule has 6 heteroatoms. The van der Waals surface area contributed by atoms with Crippen LogP contribution in [0.5, 0.6) is 0 Å². The molecular formula is C22H29N3O3. The molecule has 2 amide bonds. The highest BCUT2D eigenvalue weighted by Gasteiger charge is 2.47. The van der Waals surface area contributed by atoms with Gasteiger partial charge in [0.25, 0.3) is 0 Å². The van der Waals surface area contributed by atoms with Crippen molar-refractivity contribution in [1.29, 1.82) is 0 Å². The van der Waals surface area contributed by atoms with Crippen LogP contribution < -0.4 is 5.49 Å². The molecule has 2 saturated carbocycles. The van der Waals surface area contributed by atoms with Gasteiger partial charge in [0.05, 0.1) is 17.9 Å². The summed E-state index contributed by atoms with van der Waals surface area (Å²) in [7, 11) is 0. The second-order valence-corrected chi connectivity index (χ2v) is 8.32. The van der Waals surface area contributed by atoms with Gasteiger partial charge in [-0.2, -0.15) is 0 Å². The number of carbonyl (C=O) groups excluding carboxylic acids is 3. The van der Waals surface area contributed by atoms with E-state index < -0.39 is 0 Å². The molecule has 3 aliphatic rings. The molecule has 0 spiro atoms. The van der Waals surface area contributed by atoms with Gasteiger partial charge < -0.3 is 0 Å². The molecule has 4 rings (SSSR count). The number of imide groups is 1. The maximum atomic E-state index is 12.8. The van der Waals surface area contributed by atoms with Gasteiger partial charge in [-0.25, -0.2) is 0 Å². The molecule has 0 radical (unpaired) electrons. The largest absolute Gasteiger partial charge is 0.282 e. The predicted molar refractivity (Wildman–Crippen MR) is 104 cm³/mol. The van der Waals surface area contributed by atoms with Crippen LogP contribution in [-0.2, 0) is 9.59 Å². The van der Waals surface area contributed by atoms with Crippen LogP contribution in [0, 0.1) is 11.8 Å². The van der Waals surface area contributed by atoms with Crippen molar-refractivity contribution < 1.29 is 14.4 Å². The van der Waals surface area contributed by atoms with Crippen LogP contribution in [0.15, 0.2) is 29.4 Å². The van der Waals surface area contributed by atoms with E-state index in [1.165, 1.54) is 24.2 Å². The first-order valence-corrected chi connectivity index (χ1v) is 10.7. The van der Waals surface area contributed by atoms with E-state index in [-0.39, 0.29) is 48.6 Å². The van der Waals surface area contributed by atoms with Crippen molar-refractivity contribution in [3.63, 3.8) is 0 Å². The summed E-state index contributed by atoms with van der Waals surface area (Å²) in [5, 5.41) is 0. The molecule has 6 nitrogen and oxygen atoms in total. The molecule has 0 bridgehead atoms. The van der Waals surface area contributed by atoms with Crippen molar-refractivity contribution in [2.24, 2.45) is 16.8 Å². The quantitative estimate of drug-likeness (QED) is 0.751. The fraction of sp³-hybridized carbons (Fsp3) is 0.636. The van der Waals surface area contributed by atoms with Gasteiger partial charge in [-0.3, -0.25) is 28.8 Å². The molecule has 28 heavy (non-hydrogen) atoms. The third-order valence-corrected chi connectivity index (χ3v) is 6.48. The SMILES string of the molecule is O=C1[C@H]2CCCC[C@H]2C(=O)N1CCC(=O)n1ccccc1=NC1CCCCC1. The number of aromatic nitrogens is 1. The average molecular weight is 383 g/mol. The molecule has 2 atom stereocenters. The Morgan fingerprint density at radius 2 is 1.57 bits per heavy atom. The van der Waals surface area contributed by atoms with Crippen LogP contribution in [0.1, 0.15) is 69.0 Å². The van der Waals surface area contributed by atoms with Gasteiger partial charge in [-0.15, -0.1) is 0 Å². The molecule has 1 saturated heterocycles. The summed E-state index contributed by atoms with van der Waals surface area (Å²) in [4.78, 5) is 44.2. The number of carbonyl (C=O) groups is 3. The summed E-state index contributed by atoms with van der Waals surface area (Å²) < 4.78 is 1.58. The van der Waals surface area contributed by atoms with Crippen molar-refractivity contribution in [3.05, 3.63) is 29.9 Å². The van der Waals surface area contributed by atoms with Crippen molar-refractivity contribution >= 4 is 17.7 Å². The summed E-state index contributed by atoms with van der Waals surface area (Å²) in [6, 6.07) is 5.86. The fourth-order valence-corrected chi connectivity index (χ4v) is 4.93. The third kappa shape index (κ3) is 3.82. The Morgan fingerprint density at radius 1 is 0.929 bits per heavy atom. The zero-order valence-corrected chi connectivity index (χ0v) is 16.4. The lowest BCUT2D eigenvalue weighted by Crippen LogP contribution is -2.35. The minimum absolute atomic E-state index is 0.0762. The Labute approximate surface area is 165 Å². The van der Waals surface area contributed by atoms with Gasteiger partial charge in [0.1, 0.15) is 5.49 Å². The lowest BCUT2D eigenvalue weighted by atomic mass is 9.81. The maximum absolute atomic E-state index is 12.8. The second-order valence-electron chi connectivity index (χ2n) is 8.32. The van der Waals surface area contributed by atoms with E-state index in [0.29, 0.717) is 5.49 Å². The van der Waals surface area contributed by atoms with Gasteiger partial charge in [0, 0.05) is 19.2 Å².